The lowest BCUT2D eigenvalue weighted by Crippen LogP contribution is -2.29. The number of rotatable bonds is 1. The summed E-state index contributed by atoms with van der Waals surface area (Å²) < 4.78 is 0. The molecule has 0 saturated carbocycles. The molecule has 0 bridgehead atoms. The van der Waals surface area contributed by atoms with Gasteiger partial charge in [0.1, 0.15) is 0 Å². The molecule has 1 unspecified atom stereocenters. The van der Waals surface area contributed by atoms with Crippen molar-refractivity contribution in [3.63, 3.8) is 0 Å². The van der Waals surface area contributed by atoms with Crippen molar-refractivity contribution in [2.24, 2.45) is 0 Å². The van der Waals surface area contributed by atoms with Crippen LogP contribution in [0, 0.1) is 0 Å². The zero-order valence-electron chi connectivity index (χ0n) is 7.76. The molecule has 1 amide bonds. The maximum atomic E-state index is 11.8. The van der Waals surface area contributed by atoms with Crippen molar-refractivity contribution in [2.75, 3.05) is 13.1 Å². The fourth-order valence-corrected chi connectivity index (χ4v) is 1.60. The van der Waals surface area contributed by atoms with Crippen molar-refractivity contribution in [3.05, 3.63) is 30.1 Å². The lowest BCUT2D eigenvalue weighted by molar-refractivity contribution is 0.0765. The van der Waals surface area contributed by atoms with Crippen molar-refractivity contribution in [3.8, 4) is 0 Å². The number of hydrogen-bond donors (Lipinski definition) is 1. The third-order valence-electron chi connectivity index (χ3n) is 2.38. The highest BCUT2D eigenvalue weighted by Crippen LogP contribution is 2.12. The van der Waals surface area contributed by atoms with Gasteiger partial charge in [0.25, 0.3) is 5.91 Å². The Morgan fingerprint density at radius 3 is 2.79 bits per heavy atom. The van der Waals surface area contributed by atoms with E-state index < -0.39 is 0 Å². The van der Waals surface area contributed by atoms with Crippen molar-refractivity contribution in [2.45, 2.75) is 12.5 Å². The third kappa shape index (κ3) is 1.75. The Kier molecular flexibility index (Phi) is 2.45. The van der Waals surface area contributed by atoms with E-state index >= 15 is 0 Å². The Morgan fingerprint density at radius 1 is 1.50 bits per heavy atom. The second-order valence-corrected chi connectivity index (χ2v) is 3.43. The highest BCUT2D eigenvalue weighted by molar-refractivity contribution is 5.94. The second-order valence-electron chi connectivity index (χ2n) is 3.43. The van der Waals surface area contributed by atoms with E-state index in [0.29, 0.717) is 25.1 Å². The number of likely N-dealkylation sites (tertiary alicyclic amines) is 1. The van der Waals surface area contributed by atoms with Crippen LogP contribution in [0.5, 0.6) is 0 Å². The van der Waals surface area contributed by atoms with Gasteiger partial charge in [-0.3, -0.25) is 9.78 Å². The van der Waals surface area contributed by atoms with Gasteiger partial charge in [0, 0.05) is 31.0 Å². The number of carbonyl (C=O) groups is 1. The molecule has 4 nitrogen and oxygen atoms in total. The summed E-state index contributed by atoms with van der Waals surface area (Å²) in [5, 5.41) is 9.29. The second kappa shape index (κ2) is 3.75. The molecular weight excluding hydrogens is 180 g/mol. The summed E-state index contributed by atoms with van der Waals surface area (Å²) >= 11 is 0. The molecule has 1 saturated heterocycles. The van der Waals surface area contributed by atoms with Crippen molar-refractivity contribution >= 4 is 5.91 Å². The Bertz CT molecular complexity index is 326. The minimum atomic E-state index is -0.360. The Balaban J connectivity index is 2.10. The van der Waals surface area contributed by atoms with Crippen LogP contribution < -0.4 is 0 Å². The standard InChI is InChI=1S/C10H12N2O2/c13-9-3-6-12(7-9)10(14)8-1-4-11-5-2-8/h1-2,4-5,9,13H,3,6-7H2. The number of β-amino-alcohol motifs (C(OH)–C–C–N with tert-alkyl or cyclic N) is 1. The normalized spacial score (nSPS) is 21.2. The first kappa shape index (κ1) is 9.15. The predicted molar refractivity (Wildman–Crippen MR) is 50.8 cm³/mol. The first-order valence-electron chi connectivity index (χ1n) is 4.65. The van der Waals surface area contributed by atoms with Gasteiger partial charge in [0.15, 0.2) is 0 Å². The first-order chi connectivity index (χ1) is 6.77. The van der Waals surface area contributed by atoms with Crippen LogP contribution in [0.1, 0.15) is 16.8 Å². The molecule has 0 radical (unpaired) electrons. The molecule has 1 fully saturated rings. The van der Waals surface area contributed by atoms with Gasteiger partial charge in [0.05, 0.1) is 6.10 Å². The summed E-state index contributed by atoms with van der Waals surface area (Å²) in [6, 6.07) is 3.38. The molecule has 0 aliphatic carbocycles. The highest BCUT2D eigenvalue weighted by Gasteiger charge is 2.24. The molecule has 1 aliphatic rings. The average Bonchev–Trinajstić information content (AvgIpc) is 2.65. The molecule has 1 aromatic rings. The summed E-state index contributed by atoms with van der Waals surface area (Å²) in [6.07, 6.45) is 3.51. The van der Waals surface area contributed by atoms with E-state index in [4.69, 9.17) is 0 Å². The molecule has 2 rings (SSSR count). The summed E-state index contributed by atoms with van der Waals surface area (Å²) in [4.78, 5) is 17.3. The highest BCUT2D eigenvalue weighted by atomic mass is 16.3. The largest absolute Gasteiger partial charge is 0.391 e. The number of amides is 1. The summed E-state index contributed by atoms with van der Waals surface area (Å²) in [5.74, 6) is -0.0241. The molecule has 2 heterocycles. The Labute approximate surface area is 82.2 Å². The van der Waals surface area contributed by atoms with Gasteiger partial charge in [0.2, 0.25) is 0 Å². The molecular formula is C10H12N2O2. The van der Waals surface area contributed by atoms with Crippen LogP contribution in [0.2, 0.25) is 0 Å². The Hall–Kier alpha value is -1.42. The van der Waals surface area contributed by atoms with Gasteiger partial charge in [-0.05, 0) is 18.6 Å². The smallest absolute Gasteiger partial charge is 0.254 e. The van der Waals surface area contributed by atoms with Crippen LogP contribution >= 0.6 is 0 Å². The van der Waals surface area contributed by atoms with Crippen molar-refractivity contribution in [1.29, 1.82) is 0 Å². The zero-order chi connectivity index (χ0) is 9.97. The maximum Gasteiger partial charge on any atom is 0.254 e. The van der Waals surface area contributed by atoms with E-state index in [0.717, 1.165) is 0 Å². The number of aromatic nitrogens is 1. The van der Waals surface area contributed by atoms with Crippen LogP contribution in [0.4, 0.5) is 0 Å². The van der Waals surface area contributed by atoms with Crippen LogP contribution in [-0.2, 0) is 0 Å². The van der Waals surface area contributed by atoms with Gasteiger partial charge >= 0.3 is 0 Å². The van der Waals surface area contributed by atoms with Gasteiger partial charge < -0.3 is 10.0 Å². The van der Waals surface area contributed by atoms with Crippen LogP contribution in [0.15, 0.2) is 24.5 Å². The van der Waals surface area contributed by atoms with E-state index in [2.05, 4.69) is 4.98 Å². The van der Waals surface area contributed by atoms with Crippen LogP contribution in [0.3, 0.4) is 0 Å². The van der Waals surface area contributed by atoms with E-state index in [-0.39, 0.29) is 12.0 Å². The molecule has 1 N–H and O–H groups in total. The predicted octanol–water partition coefficient (Wildman–Crippen LogP) is 0.288. The van der Waals surface area contributed by atoms with E-state index in [1.54, 1.807) is 29.4 Å². The number of carbonyl (C=O) groups excluding carboxylic acids is 1. The van der Waals surface area contributed by atoms with Gasteiger partial charge in [-0.25, -0.2) is 0 Å². The fraction of sp³-hybridized carbons (Fsp3) is 0.400. The lowest BCUT2D eigenvalue weighted by Gasteiger charge is -2.14. The van der Waals surface area contributed by atoms with Crippen molar-refractivity contribution < 1.29 is 9.90 Å². The number of aliphatic hydroxyl groups is 1. The third-order valence-corrected chi connectivity index (χ3v) is 2.38. The Morgan fingerprint density at radius 2 is 2.21 bits per heavy atom. The van der Waals surface area contributed by atoms with Crippen LogP contribution in [0.25, 0.3) is 0 Å². The monoisotopic (exact) mass is 192 g/mol. The quantitative estimate of drug-likeness (QED) is 0.695. The number of pyridine rings is 1. The molecule has 1 atom stereocenters. The molecule has 0 spiro atoms. The van der Waals surface area contributed by atoms with Crippen LogP contribution in [-0.4, -0.2) is 40.1 Å². The fourth-order valence-electron chi connectivity index (χ4n) is 1.60. The molecule has 74 valence electrons. The SMILES string of the molecule is O=C(c1ccncc1)N1CCC(O)C1. The minimum absolute atomic E-state index is 0.0241. The topological polar surface area (TPSA) is 53.4 Å². The number of nitrogens with zero attached hydrogens (tertiary/aromatic N) is 2. The van der Waals surface area contributed by atoms with E-state index in [1.165, 1.54) is 0 Å². The number of hydrogen-bond acceptors (Lipinski definition) is 3. The zero-order valence-corrected chi connectivity index (χ0v) is 7.76. The van der Waals surface area contributed by atoms with Gasteiger partial charge in [-0.1, -0.05) is 0 Å². The summed E-state index contributed by atoms with van der Waals surface area (Å²) in [6.45, 7) is 1.09. The van der Waals surface area contributed by atoms with Gasteiger partial charge in [-0.2, -0.15) is 0 Å². The summed E-state index contributed by atoms with van der Waals surface area (Å²) in [7, 11) is 0. The van der Waals surface area contributed by atoms with Gasteiger partial charge in [-0.15, -0.1) is 0 Å². The first-order valence-corrected chi connectivity index (χ1v) is 4.65. The van der Waals surface area contributed by atoms with E-state index in [9.17, 15) is 9.90 Å². The van der Waals surface area contributed by atoms with Crippen molar-refractivity contribution in [1.82, 2.24) is 9.88 Å². The molecule has 1 aliphatic heterocycles. The average molecular weight is 192 g/mol. The lowest BCUT2D eigenvalue weighted by atomic mass is 10.2. The minimum Gasteiger partial charge on any atom is -0.391 e. The summed E-state index contributed by atoms with van der Waals surface area (Å²) in [5.41, 5.74) is 0.633. The molecule has 1 aromatic heterocycles. The molecule has 4 heteroatoms. The molecule has 14 heavy (non-hydrogen) atoms. The van der Waals surface area contributed by atoms with E-state index in [1.807, 2.05) is 0 Å². The number of aliphatic hydroxyl groups excluding tert-OH is 1. The molecule has 0 aromatic carbocycles. The maximum absolute atomic E-state index is 11.8.